The largest absolute Gasteiger partial charge is 0.393 e. The fourth-order valence-corrected chi connectivity index (χ4v) is 1.23. The highest BCUT2D eigenvalue weighted by atomic mass is 16.5. The second-order valence-electron chi connectivity index (χ2n) is 4.80. The van der Waals surface area contributed by atoms with Gasteiger partial charge in [0, 0.05) is 19.6 Å². The van der Waals surface area contributed by atoms with Crippen molar-refractivity contribution in [3.8, 4) is 0 Å². The van der Waals surface area contributed by atoms with Gasteiger partial charge in [-0.1, -0.05) is 6.92 Å². The summed E-state index contributed by atoms with van der Waals surface area (Å²) in [6, 6.07) is 0. The predicted molar refractivity (Wildman–Crippen MR) is 72.7 cm³/mol. The number of nitrogens with two attached hydrogens (primary N) is 2. The van der Waals surface area contributed by atoms with Gasteiger partial charge in [0.1, 0.15) is 0 Å². The van der Waals surface area contributed by atoms with E-state index in [1.54, 1.807) is 6.92 Å². The molecule has 1 unspecified atom stereocenters. The molecule has 5 nitrogen and oxygen atoms in total. The van der Waals surface area contributed by atoms with Crippen molar-refractivity contribution in [1.29, 1.82) is 0 Å². The van der Waals surface area contributed by atoms with Crippen LogP contribution in [0.25, 0.3) is 0 Å². The highest BCUT2D eigenvalue weighted by Gasteiger charge is 2.19. The van der Waals surface area contributed by atoms with Crippen molar-refractivity contribution in [1.82, 2.24) is 4.90 Å². The van der Waals surface area contributed by atoms with E-state index in [2.05, 4.69) is 6.92 Å². The van der Waals surface area contributed by atoms with Crippen molar-refractivity contribution < 1.29 is 9.84 Å². The Labute approximate surface area is 106 Å². The third-order valence-corrected chi connectivity index (χ3v) is 2.25. The zero-order chi connectivity index (χ0) is 13.9. The normalized spacial score (nSPS) is 13.2. The van der Waals surface area contributed by atoms with Gasteiger partial charge < -0.3 is 21.3 Å². The molecule has 0 aliphatic carbocycles. The molecule has 0 fully saturated rings. The monoisotopic (exact) mass is 249 g/mol. The SMILES string of the molecule is CC(O)CC(C)(C)OCCN.CCN(C)CN. The van der Waals surface area contributed by atoms with Gasteiger partial charge >= 0.3 is 0 Å². The molecular weight excluding hydrogens is 218 g/mol. The smallest absolute Gasteiger partial charge is 0.0651 e. The van der Waals surface area contributed by atoms with Crippen LogP contribution < -0.4 is 11.5 Å². The molecule has 0 bridgehead atoms. The fraction of sp³-hybridized carbons (Fsp3) is 1.00. The van der Waals surface area contributed by atoms with Crippen molar-refractivity contribution in [2.45, 2.75) is 45.8 Å². The van der Waals surface area contributed by atoms with Crippen LogP contribution in [0.5, 0.6) is 0 Å². The number of nitrogens with zero attached hydrogens (tertiary/aromatic N) is 1. The van der Waals surface area contributed by atoms with Crippen molar-refractivity contribution in [3.63, 3.8) is 0 Å². The van der Waals surface area contributed by atoms with Gasteiger partial charge in [0.2, 0.25) is 0 Å². The van der Waals surface area contributed by atoms with Gasteiger partial charge in [-0.25, -0.2) is 0 Å². The summed E-state index contributed by atoms with van der Waals surface area (Å²) in [4.78, 5) is 2.03. The first-order valence-electron chi connectivity index (χ1n) is 6.19. The van der Waals surface area contributed by atoms with E-state index in [4.69, 9.17) is 21.3 Å². The Bertz CT molecular complexity index is 160. The first-order valence-corrected chi connectivity index (χ1v) is 6.19. The second kappa shape index (κ2) is 10.9. The molecule has 17 heavy (non-hydrogen) atoms. The number of ether oxygens (including phenoxy) is 1. The third-order valence-electron chi connectivity index (χ3n) is 2.25. The molecular formula is C12H31N3O2. The summed E-state index contributed by atoms with van der Waals surface area (Å²) < 4.78 is 5.40. The summed E-state index contributed by atoms with van der Waals surface area (Å²) in [6.07, 6.45) is 0.329. The van der Waals surface area contributed by atoms with Gasteiger partial charge in [-0.3, -0.25) is 4.90 Å². The van der Waals surface area contributed by atoms with Gasteiger partial charge in [0.15, 0.2) is 0 Å². The van der Waals surface area contributed by atoms with Crippen LogP contribution in [0.1, 0.15) is 34.1 Å². The minimum atomic E-state index is -0.317. The van der Waals surface area contributed by atoms with Gasteiger partial charge in [0.25, 0.3) is 0 Å². The van der Waals surface area contributed by atoms with Crippen molar-refractivity contribution in [2.24, 2.45) is 11.5 Å². The van der Waals surface area contributed by atoms with Crippen LogP contribution in [0.15, 0.2) is 0 Å². The van der Waals surface area contributed by atoms with Crippen LogP contribution in [0.4, 0.5) is 0 Å². The van der Waals surface area contributed by atoms with E-state index in [0.29, 0.717) is 26.2 Å². The molecule has 0 rings (SSSR count). The van der Waals surface area contributed by atoms with Crippen LogP contribution in [-0.4, -0.2) is 55.1 Å². The Balaban J connectivity index is 0. The summed E-state index contributed by atoms with van der Waals surface area (Å²) in [5.41, 5.74) is 10.2. The molecule has 0 aromatic carbocycles. The van der Waals surface area contributed by atoms with E-state index in [-0.39, 0.29) is 11.7 Å². The molecule has 5 N–H and O–H groups in total. The molecule has 0 aliphatic rings. The number of hydrogen-bond acceptors (Lipinski definition) is 5. The lowest BCUT2D eigenvalue weighted by atomic mass is 10.0. The van der Waals surface area contributed by atoms with Crippen molar-refractivity contribution >= 4 is 0 Å². The number of hydrogen-bond donors (Lipinski definition) is 3. The lowest BCUT2D eigenvalue weighted by Crippen LogP contribution is -2.31. The highest BCUT2D eigenvalue weighted by Crippen LogP contribution is 2.15. The lowest BCUT2D eigenvalue weighted by Gasteiger charge is -2.26. The Morgan fingerprint density at radius 3 is 2.12 bits per heavy atom. The number of rotatable bonds is 7. The maximum absolute atomic E-state index is 9.08. The summed E-state index contributed by atoms with van der Waals surface area (Å²) in [5, 5.41) is 9.08. The molecule has 0 spiro atoms. The maximum atomic E-state index is 9.08. The molecule has 0 aromatic heterocycles. The number of aliphatic hydroxyl groups excluding tert-OH is 1. The minimum absolute atomic E-state index is 0.256. The number of aliphatic hydroxyl groups is 1. The summed E-state index contributed by atoms with van der Waals surface area (Å²) in [5.74, 6) is 0. The van der Waals surface area contributed by atoms with E-state index < -0.39 is 0 Å². The van der Waals surface area contributed by atoms with Crippen molar-refractivity contribution in [2.75, 3.05) is 33.4 Å². The first kappa shape index (κ1) is 19.1. The van der Waals surface area contributed by atoms with E-state index in [1.807, 2.05) is 25.8 Å². The molecule has 5 heteroatoms. The van der Waals surface area contributed by atoms with E-state index in [9.17, 15) is 0 Å². The molecule has 1 atom stereocenters. The summed E-state index contributed by atoms with van der Waals surface area (Å²) in [6.45, 7) is 10.5. The van der Waals surface area contributed by atoms with E-state index in [1.165, 1.54) is 0 Å². The fourth-order valence-electron chi connectivity index (χ4n) is 1.23. The summed E-state index contributed by atoms with van der Waals surface area (Å²) >= 11 is 0. The Morgan fingerprint density at radius 1 is 1.35 bits per heavy atom. The molecule has 0 heterocycles. The molecule has 0 amide bonds. The summed E-state index contributed by atoms with van der Waals surface area (Å²) in [7, 11) is 1.99. The quantitative estimate of drug-likeness (QED) is 0.568. The Kier molecular flexibility index (Phi) is 12.3. The Hall–Kier alpha value is -0.200. The lowest BCUT2D eigenvalue weighted by molar-refractivity contribution is -0.0425. The standard InChI is InChI=1S/C8H19NO2.C4H12N2/c1-7(10)6-8(2,3)11-5-4-9;1-3-6(2)4-5/h7,10H,4-6,9H2,1-3H3;3-5H2,1-2H3. The minimum Gasteiger partial charge on any atom is -0.393 e. The second-order valence-corrected chi connectivity index (χ2v) is 4.80. The van der Waals surface area contributed by atoms with Gasteiger partial charge in [-0.2, -0.15) is 0 Å². The van der Waals surface area contributed by atoms with Gasteiger partial charge in [-0.15, -0.1) is 0 Å². The maximum Gasteiger partial charge on any atom is 0.0651 e. The zero-order valence-electron chi connectivity index (χ0n) is 12.1. The highest BCUT2D eigenvalue weighted by molar-refractivity contribution is 4.71. The molecule has 106 valence electrons. The van der Waals surface area contributed by atoms with Crippen LogP contribution >= 0.6 is 0 Å². The molecule has 0 aliphatic heterocycles. The van der Waals surface area contributed by atoms with Crippen molar-refractivity contribution in [3.05, 3.63) is 0 Å². The van der Waals surface area contributed by atoms with Crippen LogP contribution in [0.3, 0.4) is 0 Å². The van der Waals surface area contributed by atoms with Crippen LogP contribution in [0.2, 0.25) is 0 Å². The van der Waals surface area contributed by atoms with Gasteiger partial charge in [-0.05, 0) is 34.4 Å². The topological polar surface area (TPSA) is 84.7 Å². The average molecular weight is 249 g/mol. The van der Waals surface area contributed by atoms with E-state index >= 15 is 0 Å². The molecule has 0 saturated heterocycles. The zero-order valence-corrected chi connectivity index (χ0v) is 12.1. The molecule has 0 saturated carbocycles. The average Bonchev–Trinajstić information content (AvgIpc) is 2.24. The van der Waals surface area contributed by atoms with E-state index in [0.717, 1.165) is 6.54 Å². The molecule has 0 aromatic rings. The molecule has 0 radical (unpaired) electrons. The third kappa shape index (κ3) is 15.8. The Morgan fingerprint density at radius 2 is 1.88 bits per heavy atom. The van der Waals surface area contributed by atoms with Crippen LogP contribution in [0, 0.1) is 0 Å². The van der Waals surface area contributed by atoms with Gasteiger partial charge in [0.05, 0.1) is 18.3 Å². The van der Waals surface area contributed by atoms with Crippen LogP contribution in [-0.2, 0) is 4.74 Å². The predicted octanol–water partition coefficient (Wildman–Crippen LogP) is 0.366. The first-order chi connectivity index (χ1) is 7.79.